The number of aryl methyl sites for hydroxylation is 2. The third kappa shape index (κ3) is 2.31. The minimum atomic E-state index is -0.442. The first-order valence-electron chi connectivity index (χ1n) is 5.75. The van der Waals surface area contributed by atoms with Gasteiger partial charge < -0.3 is 4.74 Å². The van der Waals surface area contributed by atoms with Crippen molar-refractivity contribution in [2.45, 2.75) is 26.2 Å². The predicted octanol–water partition coefficient (Wildman–Crippen LogP) is 2.24. The lowest BCUT2D eigenvalue weighted by atomic mass is 9.80. The van der Waals surface area contributed by atoms with Crippen LogP contribution in [0.2, 0.25) is 5.02 Å². The fourth-order valence-corrected chi connectivity index (χ4v) is 2.54. The van der Waals surface area contributed by atoms with Crippen LogP contribution in [0.5, 0.6) is 0 Å². The Morgan fingerprint density at radius 3 is 2.88 bits per heavy atom. The predicted molar refractivity (Wildman–Crippen MR) is 64.8 cm³/mol. The van der Waals surface area contributed by atoms with Crippen LogP contribution in [0.4, 0.5) is 0 Å². The van der Waals surface area contributed by atoms with Crippen LogP contribution in [-0.4, -0.2) is 23.0 Å². The van der Waals surface area contributed by atoms with Crippen molar-refractivity contribution in [1.29, 1.82) is 5.26 Å². The van der Waals surface area contributed by atoms with Crippen LogP contribution in [0.1, 0.15) is 24.2 Å². The first-order valence-corrected chi connectivity index (χ1v) is 6.13. The zero-order valence-electron chi connectivity index (χ0n) is 10.2. The van der Waals surface area contributed by atoms with Crippen molar-refractivity contribution >= 4 is 11.6 Å². The molecule has 1 saturated heterocycles. The first kappa shape index (κ1) is 12.4. The summed E-state index contributed by atoms with van der Waals surface area (Å²) < 4.78 is 7.21. The van der Waals surface area contributed by atoms with E-state index in [9.17, 15) is 5.26 Å². The first-order chi connectivity index (χ1) is 8.08. The molecule has 1 aromatic heterocycles. The number of ether oxygens (including phenoxy) is 1. The fraction of sp³-hybridized carbons (Fsp3) is 0.667. The number of hydrogen-bond donors (Lipinski definition) is 0. The standard InChI is InChI=1S/C12H16ClN3O/c1-9-11(13)10(16(2)15-9)6-12(7-14)4-3-5-17-8-12/h3-6,8H2,1-2H3. The lowest BCUT2D eigenvalue weighted by molar-refractivity contribution is 0.0216. The van der Waals surface area contributed by atoms with Crippen LogP contribution in [0.3, 0.4) is 0 Å². The Morgan fingerprint density at radius 2 is 2.41 bits per heavy atom. The molecule has 1 aliphatic rings. The summed E-state index contributed by atoms with van der Waals surface area (Å²) in [5, 5.41) is 14.3. The maximum absolute atomic E-state index is 9.39. The molecule has 1 aliphatic heterocycles. The molecular weight excluding hydrogens is 238 g/mol. The zero-order valence-corrected chi connectivity index (χ0v) is 10.9. The van der Waals surface area contributed by atoms with Crippen molar-refractivity contribution < 1.29 is 4.74 Å². The Balaban J connectivity index is 2.27. The SMILES string of the molecule is Cc1nn(C)c(CC2(C#N)CCCOC2)c1Cl. The highest BCUT2D eigenvalue weighted by Gasteiger charge is 2.35. The fourth-order valence-electron chi connectivity index (χ4n) is 2.31. The largest absolute Gasteiger partial charge is 0.380 e. The van der Waals surface area contributed by atoms with Gasteiger partial charge in [0, 0.05) is 20.1 Å². The summed E-state index contributed by atoms with van der Waals surface area (Å²) in [6, 6.07) is 2.40. The molecular formula is C12H16ClN3O. The molecule has 0 saturated carbocycles. The smallest absolute Gasteiger partial charge is 0.0863 e. The van der Waals surface area contributed by atoms with Crippen LogP contribution < -0.4 is 0 Å². The Kier molecular flexibility index (Phi) is 3.41. The van der Waals surface area contributed by atoms with E-state index in [-0.39, 0.29) is 0 Å². The molecule has 92 valence electrons. The molecule has 4 nitrogen and oxygen atoms in total. The van der Waals surface area contributed by atoms with Gasteiger partial charge in [0.15, 0.2) is 0 Å². The molecule has 0 radical (unpaired) electrons. The number of nitriles is 1. The third-order valence-corrected chi connectivity index (χ3v) is 3.82. The highest BCUT2D eigenvalue weighted by Crippen LogP contribution is 2.34. The van der Waals surface area contributed by atoms with Crippen LogP contribution in [0.25, 0.3) is 0 Å². The highest BCUT2D eigenvalue weighted by molar-refractivity contribution is 6.31. The molecule has 2 heterocycles. The lowest BCUT2D eigenvalue weighted by Gasteiger charge is -2.30. The average molecular weight is 254 g/mol. The average Bonchev–Trinajstić information content (AvgIpc) is 2.57. The van der Waals surface area contributed by atoms with Crippen molar-refractivity contribution in [1.82, 2.24) is 9.78 Å². The Bertz CT molecular complexity index is 455. The third-order valence-electron chi connectivity index (χ3n) is 3.33. The Labute approximate surface area is 106 Å². The van der Waals surface area contributed by atoms with E-state index in [0.717, 1.165) is 30.8 Å². The van der Waals surface area contributed by atoms with Crippen molar-refractivity contribution in [3.8, 4) is 6.07 Å². The molecule has 17 heavy (non-hydrogen) atoms. The van der Waals surface area contributed by atoms with Gasteiger partial charge in [-0.15, -0.1) is 0 Å². The maximum atomic E-state index is 9.39. The van der Waals surface area contributed by atoms with Gasteiger partial charge in [0.25, 0.3) is 0 Å². The van der Waals surface area contributed by atoms with E-state index >= 15 is 0 Å². The van der Waals surface area contributed by atoms with Crippen LogP contribution in [-0.2, 0) is 18.2 Å². The van der Waals surface area contributed by atoms with Gasteiger partial charge in [0.2, 0.25) is 0 Å². The van der Waals surface area contributed by atoms with Crippen molar-refractivity contribution in [2.24, 2.45) is 12.5 Å². The molecule has 0 spiro atoms. The summed E-state index contributed by atoms with van der Waals surface area (Å²) in [7, 11) is 1.86. The van der Waals surface area contributed by atoms with E-state index in [1.165, 1.54) is 0 Å². The maximum Gasteiger partial charge on any atom is 0.0863 e. The molecule has 0 aromatic carbocycles. The van der Waals surface area contributed by atoms with Crippen molar-refractivity contribution in [3.05, 3.63) is 16.4 Å². The minimum absolute atomic E-state index is 0.442. The summed E-state index contributed by atoms with van der Waals surface area (Å²) in [4.78, 5) is 0. The van der Waals surface area contributed by atoms with Crippen molar-refractivity contribution in [3.63, 3.8) is 0 Å². The van der Waals surface area contributed by atoms with Gasteiger partial charge in [-0.25, -0.2) is 0 Å². The monoisotopic (exact) mass is 253 g/mol. The van der Waals surface area contributed by atoms with Crippen LogP contribution >= 0.6 is 11.6 Å². The molecule has 0 bridgehead atoms. The van der Waals surface area contributed by atoms with Crippen LogP contribution in [0, 0.1) is 23.7 Å². The van der Waals surface area contributed by atoms with Gasteiger partial charge in [-0.3, -0.25) is 4.68 Å². The van der Waals surface area contributed by atoms with Gasteiger partial charge in [-0.1, -0.05) is 11.6 Å². The molecule has 0 amide bonds. The minimum Gasteiger partial charge on any atom is -0.380 e. The molecule has 0 N–H and O–H groups in total. The molecule has 1 atom stereocenters. The van der Waals surface area contributed by atoms with E-state index in [1.54, 1.807) is 4.68 Å². The topological polar surface area (TPSA) is 50.8 Å². The molecule has 1 fully saturated rings. The number of halogens is 1. The lowest BCUT2D eigenvalue weighted by Crippen LogP contribution is -2.33. The Morgan fingerprint density at radius 1 is 1.65 bits per heavy atom. The van der Waals surface area contributed by atoms with Crippen molar-refractivity contribution in [2.75, 3.05) is 13.2 Å². The van der Waals surface area contributed by atoms with Gasteiger partial charge >= 0.3 is 0 Å². The second kappa shape index (κ2) is 4.67. The van der Waals surface area contributed by atoms with E-state index in [0.29, 0.717) is 18.1 Å². The number of aromatic nitrogens is 2. The zero-order chi connectivity index (χ0) is 12.5. The van der Waals surface area contributed by atoms with Gasteiger partial charge in [-0.2, -0.15) is 10.4 Å². The van der Waals surface area contributed by atoms with E-state index < -0.39 is 5.41 Å². The quantitative estimate of drug-likeness (QED) is 0.812. The van der Waals surface area contributed by atoms with E-state index in [4.69, 9.17) is 16.3 Å². The molecule has 1 unspecified atom stereocenters. The van der Waals surface area contributed by atoms with Gasteiger partial charge in [0.1, 0.15) is 0 Å². The van der Waals surface area contributed by atoms with E-state index in [1.807, 2.05) is 14.0 Å². The summed E-state index contributed by atoms with van der Waals surface area (Å²) >= 11 is 6.22. The van der Waals surface area contributed by atoms with Crippen LogP contribution in [0.15, 0.2) is 0 Å². The Hall–Kier alpha value is -1.05. The second-order valence-corrected chi connectivity index (χ2v) is 5.07. The second-order valence-electron chi connectivity index (χ2n) is 4.69. The highest BCUT2D eigenvalue weighted by atomic mass is 35.5. The summed E-state index contributed by atoms with van der Waals surface area (Å²) in [5.41, 5.74) is 1.30. The molecule has 1 aromatic rings. The normalized spacial score (nSPS) is 24.6. The van der Waals surface area contributed by atoms with Gasteiger partial charge in [-0.05, 0) is 19.8 Å². The number of nitrogens with zero attached hydrogens (tertiary/aromatic N) is 3. The van der Waals surface area contributed by atoms with E-state index in [2.05, 4.69) is 11.2 Å². The summed E-state index contributed by atoms with van der Waals surface area (Å²) in [6.07, 6.45) is 2.41. The van der Waals surface area contributed by atoms with Gasteiger partial charge in [0.05, 0.1) is 34.5 Å². The molecule has 5 heteroatoms. The number of rotatable bonds is 2. The molecule has 2 rings (SSSR count). The molecule has 0 aliphatic carbocycles. The summed E-state index contributed by atoms with van der Waals surface area (Å²) in [5.74, 6) is 0. The number of hydrogen-bond acceptors (Lipinski definition) is 3. The summed E-state index contributed by atoms with van der Waals surface area (Å²) in [6.45, 7) is 3.12.